The molecule has 0 aliphatic rings. The maximum Gasteiger partial charge on any atom is 0.0596 e. The smallest absolute Gasteiger partial charge is 0.0596 e. The highest BCUT2D eigenvalue weighted by Gasteiger charge is 2.34. The fraction of sp³-hybridized carbons (Fsp3) is 1.00. The molecule has 0 amide bonds. The van der Waals surface area contributed by atoms with Crippen LogP contribution in [0.25, 0.3) is 0 Å². The molecule has 1 unspecified atom stereocenters. The van der Waals surface area contributed by atoms with Gasteiger partial charge in [-0.15, -0.1) is 0 Å². The molecule has 1 atom stereocenters. The van der Waals surface area contributed by atoms with Gasteiger partial charge in [-0.25, -0.2) is 0 Å². The fourth-order valence-corrected chi connectivity index (χ4v) is 2.68. The zero-order chi connectivity index (χ0) is 12.4. The highest BCUT2D eigenvalue weighted by atomic mass is 16.3. The van der Waals surface area contributed by atoms with Crippen LogP contribution in [0, 0.1) is 5.41 Å². The minimum absolute atomic E-state index is 0.0828. The van der Waals surface area contributed by atoms with Gasteiger partial charge in [-0.1, -0.05) is 59.8 Å². The van der Waals surface area contributed by atoms with E-state index in [-0.39, 0.29) is 11.5 Å². The Bertz CT molecular complexity index is 146. The summed E-state index contributed by atoms with van der Waals surface area (Å²) in [5.41, 5.74) is 0.210. The van der Waals surface area contributed by atoms with Crippen molar-refractivity contribution in [2.75, 3.05) is 0 Å². The van der Waals surface area contributed by atoms with Gasteiger partial charge in [-0.3, -0.25) is 0 Å². The summed E-state index contributed by atoms with van der Waals surface area (Å²) in [4.78, 5) is 0. The van der Waals surface area contributed by atoms with E-state index in [1.165, 1.54) is 38.5 Å². The summed E-state index contributed by atoms with van der Waals surface area (Å²) in [5.74, 6) is 0. The molecule has 0 bridgehead atoms. The molecule has 0 rings (SSSR count). The van der Waals surface area contributed by atoms with Gasteiger partial charge in [0.2, 0.25) is 0 Å². The third-order valence-electron chi connectivity index (χ3n) is 4.03. The van der Waals surface area contributed by atoms with Crippen molar-refractivity contribution in [3.8, 4) is 0 Å². The standard InChI is InChI=1S/C15H32O/c1-5-9-12-15(8-4,13-10-6-2)14(16)11-7-3/h14,16H,5-13H2,1-4H3. The zero-order valence-corrected chi connectivity index (χ0v) is 11.9. The third kappa shape index (κ3) is 4.86. The minimum Gasteiger partial charge on any atom is -0.393 e. The van der Waals surface area contributed by atoms with Gasteiger partial charge < -0.3 is 5.11 Å². The van der Waals surface area contributed by atoms with Gasteiger partial charge in [0.15, 0.2) is 0 Å². The Morgan fingerprint density at radius 2 is 1.38 bits per heavy atom. The van der Waals surface area contributed by atoms with Crippen molar-refractivity contribution in [3.05, 3.63) is 0 Å². The molecular formula is C15H32O. The van der Waals surface area contributed by atoms with Crippen molar-refractivity contribution >= 4 is 0 Å². The third-order valence-corrected chi connectivity index (χ3v) is 4.03. The second kappa shape index (κ2) is 9.04. The van der Waals surface area contributed by atoms with E-state index in [4.69, 9.17) is 0 Å². The monoisotopic (exact) mass is 228 g/mol. The molecule has 1 N–H and O–H groups in total. The van der Waals surface area contributed by atoms with Crippen LogP contribution >= 0.6 is 0 Å². The topological polar surface area (TPSA) is 20.2 Å². The summed E-state index contributed by atoms with van der Waals surface area (Å²) in [5, 5.41) is 10.4. The van der Waals surface area contributed by atoms with Crippen LogP contribution in [-0.4, -0.2) is 11.2 Å². The molecule has 0 aliphatic carbocycles. The Balaban J connectivity index is 4.50. The molecule has 0 saturated carbocycles. The number of rotatable bonds is 10. The first kappa shape index (κ1) is 16.0. The molecule has 0 spiro atoms. The van der Waals surface area contributed by atoms with Crippen molar-refractivity contribution in [1.29, 1.82) is 0 Å². The molecule has 0 saturated heterocycles. The van der Waals surface area contributed by atoms with Crippen molar-refractivity contribution in [1.82, 2.24) is 0 Å². The Hall–Kier alpha value is -0.0400. The number of aliphatic hydroxyl groups excluding tert-OH is 1. The molecule has 0 aromatic carbocycles. The summed E-state index contributed by atoms with van der Waals surface area (Å²) in [6, 6.07) is 0. The summed E-state index contributed by atoms with van der Waals surface area (Å²) in [6.45, 7) is 8.91. The largest absolute Gasteiger partial charge is 0.393 e. The molecule has 0 aliphatic heterocycles. The molecule has 1 heteroatoms. The number of aliphatic hydroxyl groups is 1. The van der Waals surface area contributed by atoms with Crippen LogP contribution in [0.2, 0.25) is 0 Å². The Morgan fingerprint density at radius 1 is 0.875 bits per heavy atom. The van der Waals surface area contributed by atoms with Crippen LogP contribution in [-0.2, 0) is 0 Å². The lowest BCUT2D eigenvalue weighted by Gasteiger charge is -2.38. The van der Waals surface area contributed by atoms with Crippen LogP contribution in [0.3, 0.4) is 0 Å². The lowest BCUT2D eigenvalue weighted by Crippen LogP contribution is -2.34. The van der Waals surface area contributed by atoms with E-state index in [0.29, 0.717) is 0 Å². The SMILES string of the molecule is CCCCC(CC)(CCCC)C(O)CCC. The predicted octanol–water partition coefficient (Wildman–Crippen LogP) is 4.92. The fourth-order valence-electron chi connectivity index (χ4n) is 2.68. The van der Waals surface area contributed by atoms with Gasteiger partial charge in [0.05, 0.1) is 6.10 Å². The van der Waals surface area contributed by atoms with Crippen molar-refractivity contribution < 1.29 is 5.11 Å². The van der Waals surface area contributed by atoms with Crippen LogP contribution in [0.1, 0.15) is 85.5 Å². The van der Waals surface area contributed by atoms with Crippen LogP contribution in [0.4, 0.5) is 0 Å². The normalized spacial score (nSPS) is 14.1. The first-order valence-corrected chi connectivity index (χ1v) is 7.34. The molecule has 0 fully saturated rings. The number of hydrogen-bond acceptors (Lipinski definition) is 1. The Labute approximate surface area is 103 Å². The maximum absolute atomic E-state index is 10.4. The maximum atomic E-state index is 10.4. The lowest BCUT2D eigenvalue weighted by atomic mass is 9.70. The van der Waals surface area contributed by atoms with Crippen molar-refractivity contribution in [2.45, 2.75) is 91.6 Å². The second-order valence-electron chi connectivity index (χ2n) is 5.23. The Morgan fingerprint density at radius 3 is 1.69 bits per heavy atom. The summed E-state index contributed by atoms with van der Waals surface area (Å²) < 4.78 is 0. The summed E-state index contributed by atoms with van der Waals surface area (Å²) in [6.07, 6.45) is 10.6. The van der Waals surface area contributed by atoms with Crippen molar-refractivity contribution in [3.63, 3.8) is 0 Å². The highest BCUT2D eigenvalue weighted by molar-refractivity contribution is 4.85. The van der Waals surface area contributed by atoms with E-state index < -0.39 is 0 Å². The number of unbranched alkanes of at least 4 members (excludes halogenated alkanes) is 2. The molecule has 0 aromatic heterocycles. The highest BCUT2D eigenvalue weighted by Crippen LogP contribution is 2.39. The van der Waals surface area contributed by atoms with Gasteiger partial charge in [-0.05, 0) is 31.1 Å². The quantitative estimate of drug-likeness (QED) is 0.562. The van der Waals surface area contributed by atoms with Crippen LogP contribution < -0.4 is 0 Å². The molecule has 0 heterocycles. The summed E-state index contributed by atoms with van der Waals surface area (Å²) >= 11 is 0. The van der Waals surface area contributed by atoms with Gasteiger partial charge in [0, 0.05) is 0 Å². The van der Waals surface area contributed by atoms with Gasteiger partial charge in [0.25, 0.3) is 0 Å². The van der Waals surface area contributed by atoms with E-state index in [1.54, 1.807) is 0 Å². The molecule has 1 nitrogen and oxygen atoms in total. The van der Waals surface area contributed by atoms with E-state index in [2.05, 4.69) is 27.7 Å². The molecule has 0 aromatic rings. The predicted molar refractivity (Wildman–Crippen MR) is 72.7 cm³/mol. The van der Waals surface area contributed by atoms with Gasteiger partial charge in [0.1, 0.15) is 0 Å². The number of hydrogen-bond donors (Lipinski definition) is 1. The lowest BCUT2D eigenvalue weighted by molar-refractivity contribution is -0.00202. The molecular weight excluding hydrogens is 196 g/mol. The second-order valence-corrected chi connectivity index (χ2v) is 5.23. The van der Waals surface area contributed by atoms with E-state index in [9.17, 15) is 5.11 Å². The summed E-state index contributed by atoms with van der Waals surface area (Å²) in [7, 11) is 0. The average Bonchev–Trinajstić information content (AvgIpc) is 2.30. The van der Waals surface area contributed by atoms with Crippen LogP contribution in [0.15, 0.2) is 0 Å². The minimum atomic E-state index is -0.0828. The van der Waals surface area contributed by atoms with E-state index >= 15 is 0 Å². The van der Waals surface area contributed by atoms with Gasteiger partial charge >= 0.3 is 0 Å². The van der Waals surface area contributed by atoms with E-state index in [0.717, 1.165) is 19.3 Å². The Kier molecular flexibility index (Phi) is 9.02. The average molecular weight is 228 g/mol. The first-order valence-electron chi connectivity index (χ1n) is 7.34. The van der Waals surface area contributed by atoms with Gasteiger partial charge in [-0.2, -0.15) is 0 Å². The zero-order valence-electron chi connectivity index (χ0n) is 11.9. The molecule has 98 valence electrons. The van der Waals surface area contributed by atoms with Crippen molar-refractivity contribution in [2.24, 2.45) is 5.41 Å². The molecule has 16 heavy (non-hydrogen) atoms. The van der Waals surface area contributed by atoms with E-state index in [1.807, 2.05) is 0 Å². The molecule has 0 radical (unpaired) electrons. The van der Waals surface area contributed by atoms with Crippen LogP contribution in [0.5, 0.6) is 0 Å². The first-order chi connectivity index (χ1) is 7.66.